The Morgan fingerprint density at radius 1 is 1.44 bits per heavy atom. The van der Waals surface area contributed by atoms with Crippen LogP contribution in [0.4, 0.5) is 4.39 Å². The van der Waals surface area contributed by atoms with Crippen LogP contribution in [0.25, 0.3) is 0 Å². The molecular weight excluding hydrogens is 263 g/mol. The zero-order valence-electron chi connectivity index (χ0n) is 9.72. The maximum atomic E-state index is 13.4. The van der Waals surface area contributed by atoms with Crippen molar-refractivity contribution in [1.82, 2.24) is 0 Å². The van der Waals surface area contributed by atoms with E-state index in [4.69, 9.17) is 5.11 Å². The number of carbonyl (C=O) groups is 1. The molecule has 0 heterocycles. The minimum atomic E-state index is -3.52. The molecule has 1 aromatic carbocycles. The van der Waals surface area contributed by atoms with Crippen molar-refractivity contribution in [1.29, 1.82) is 0 Å². The van der Waals surface area contributed by atoms with E-state index in [1.54, 1.807) is 0 Å². The van der Waals surface area contributed by atoms with Gasteiger partial charge in [-0.1, -0.05) is 0 Å². The van der Waals surface area contributed by atoms with Gasteiger partial charge in [-0.25, -0.2) is 17.6 Å². The number of hydrogen-bond donors (Lipinski definition) is 1. The summed E-state index contributed by atoms with van der Waals surface area (Å²) in [6, 6.07) is 3.07. The van der Waals surface area contributed by atoms with E-state index in [-0.39, 0.29) is 23.5 Å². The Hall–Kier alpha value is -1.47. The molecule has 0 saturated heterocycles. The lowest BCUT2D eigenvalue weighted by Gasteiger charge is -2.06. The molecule has 0 aliphatic carbocycles. The highest BCUT2D eigenvalue weighted by Crippen LogP contribution is 2.14. The normalized spacial score (nSPS) is 11.4. The van der Waals surface area contributed by atoms with Crippen LogP contribution >= 0.6 is 0 Å². The second-order valence-electron chi connectivity index (χ2n) is 3.70. The molecule has 1 rings (SSSR count). The van der Waals surface area contributed by atoms with Gasteiger partial charge in [-0.3, -0.25) is 0 Å². The number of benzene rings is 1. The van der Waals surface area contributed by atoms with Crippen molar-refractivity contribution < 1.29 is 27.4 Å². The summed E-state index contributed by atoms with van der Waals surface area (Å²) >= 11 is 0. The molecule has 18 heavy (non-hydrogen) atoms. The summed E-state index contributed by atoms with van der Waals surface area (Å²) in [6.07, 6.45) is 0. The van der Waals surface area contributed by atoms with Crippen molar-refractivity contribution in [3.05, 3.63) is 35.1 Å². The summed E-state index contributed by atoms with van der Waals surface area (Å²) in [5.74, 6) is -2.74. The number of aromatic carboxylic acids is 1. The fourth-order valence-electron chi connectivity index (χ4n) is 1.34. The van der Waals surface area contributed by atoms with Crippen molar-refractivity contribution in [2.75, 3.05) is 19.5 Å². The van der Waals surface area contributed by atoms with Gasteiger partial charge in [-0.05, 0) is 18.2 Å². The topological polar surface area (TPSA) is 80.7 Å². The molecule has 0 amide bonds. The van der Waals surface area contributed by atoms with Crippen LogP contribution in [-0.4, -0.2) is 39.0 Å². The summed E-state index contributed by atoms with van der Waals surface area (Å²) in [5.41, 5.74) is -0.292. The van der Waals surface area contributed by atoms with E-state index < -0.39 is 27.4 Å². The Morgan fingerprint density at radius 3 is 2.67 bits per heavy atom. The summed E-state index contributed by atoms with van der Waals surface area (Å²) in [7, 11) is -2.16. The van der Waals surface area contributed by atoms with Crippen molar-refractivity contribution in [3.8, 4) is 0 Å². The van der Waals surface area contributed by atoms with Gasteiger partial charge in [0.2, 0.25) is 0 Å². The van der Waals surface area contributed by atoms with Gasteiger partial charge in [0.25, 0.3) is 0 Å². The summed E-state index contributed by atoms with van der Waals surface area (Å²) in [5, 5.41) is 8.75. The van der Waals surface area contributed by atoms with E-state index in [9.17, 15) is 17.6 Å². The lowest BCUT2D eigenvalue weighted by Crippen LogP contribution is -2.14. The zero-order chi connectivity index (χ0) is 13.8. The Morgan fingerprint density at radius 2 is 2.11 bits per heavy atom. The summed E-state index contributed by atoms with van der Waals surface area (Å²) < 4.78 is 41.2. The van der Waals surface area contributed by atoms with Crippen LogP contribution < -0.4 is 0 Å². The highest BCUT2D eigenvalue weighted by molar-refractivity contribution is 7.90. The standard InChI is InChI=1S/C11H13FO5S/c1-17-4-5-18(15,16)7-9-6-8(11(13)14)2-3-10(9)12/h2-3,6H,4-5,7H2,1H3,(H,13,14). The first-order valence-electron chi connectivity index (χ1n) is 5.07. The molecule has 0 radical (unpaired) electrons. The molecule has 1 aromatic rings. The first-order chi connectivity index (χ1) is 8.35. The highest BCUT2D eigenvalue weighted by Gasteiger charge is 2.16. The predicted molar refractivity (Wildman–Crippen MR) is 62.7 cm³/mol. The maximum absolute atomic E-state index is 13.4. The molecule has 0 atom stereocenters. The number of rotatable bonds is 6. The fourth-order valence-corrected chi connectivity index (χ4v) is 2.60. The molecule has 0 aliphatic rings. The number of carboxylic acid groups (broad SMARTS) is 1. The Kier molecular flexibility index (Phi) is 4.80. The molecule has 0 aliphatic heterocycles. The minimum Gasteiger partial charge on any atom is -0.478 e. The second-order valence-corrected chi connectivity index (χ2v) is 5.88. The SMILES string of the molecule is COCCS(=O)(=O)Cc1cc(C(=O)O)ccc1F. The average Bonchev–Trinajstić information content (AvgIpc) is 2.29. The third kappa shape index (κ3) is 4.08. The van der Waals surface area contributed by atoms with Gasteiger partial charge in [-0.2, -0.15) is 0 Å². The molecular formula is C11H13FO5S. The molecule has 0 aromatic heterocycles. The molecule has 0 unspecified atom stereocenters. The predicted octanol–water partition coefficient (Wildman–Crippen LogP) is 1.09. The largest absolute Gasteiger partial charge is 0.478 e. The van der Waals surface area contributed by atoms with Gasteiger partial charge in [0.15, 0.2) is 9.84 Å². The quantitative estimate of drug-likeness (QED) is 0.841. The molecule has 100 valence electrons. The first kappa shape index (κ1) is 14.6. The molecule has 0 fully saturated rings. The van der Waals surface area contributed by atoms with Gasteiger partial charge < -0.3 is 9.84 Å². The van der Waals surface area contributed by atoms with Crippen molar-refractivity contribution in [3.63, 3.8) is 0 Å². The van der Waals surface area contributed by atoms with Crippen LogP contribution in [-0.2, 0) is 20.3 Å². The Bertz CT molecular complexity index is 538. The van der Waals surface area contributed by atoms with Crippen LogP contribution in [0, 0.1) is 5.82 Å². The van der Waals surface area contributed by atoms with E-state index in [1.807, 2.05) is 0 Å². The van der Waals surface area contributed by atoms with Gasteiger partial charge >= 0.3 is 5.97 Å². The number of methoxy groups -OCH3 is 1. The molecule has 1 N–H and O–H groups in total. The molecule has 0 bridgehead atoms. The van der Waals surface area contributed by atoms with Crippen molar-refractivity contribution >= 4 is 15.8 Å². The van der Waals surface area contributed by atoms with Crippen LogP contribution in [0.2, 0.25) is 0 Å². The third-order valence-corrected chi connectivity index (χ3v) is 3.81. The molecule has 0 spiro atoms. The Balaban J connectivity index is 2.96. The number of hydrogen-bond acceptors (Lipinski definition) is 4. The summed E-state index contributed by atoms with van der Waals surface area (Å²) in [6.45, 7) is 0.0164. The lowest BCUT2D eigenvalue weighted by atomic mass is 10.1. The van der Waals surface area contributed by atoms with Gasteiger partial charge in [0, 0.05) is 12.7 Å². The second kappa shape index (κ2) is 5.92. The molecule has 5 nitrogen and oxygen atoms in total. The van der Waals surface area contributed by atoms with Crippen LogP contribution in [0.5, 0.6) is 0 Å². The highest BCUT2D eigenvalue weighted by atomic mass is 32.2. The van der Waals surface area contributed by atoms with Gasteiger partial charge in [0.1, 0.15) is 5.82 Å². The van der Waals surface area contributed by atoms with Gasteiger partial charge in [0.05, 0.1) is 23.7 Å². The number of carboxylic acids is 1. The number of sulfone groups is 1. The van der Waals surface area contributed by atoms with Crippen molar-refractivity contribution in [2.24, 2.45) is 0 Å². The van der Waals surface area contributed by atoms with E-state index >= 15 is 0 Å². The van der Waals surface area contributed by atoms with Crippen LogP contribution in [0.3, 0.4) is 0 Å². The smallest absolute Gasteiger partial charge is 0.335 e. The zero-order valence-corrected chi connectivity index (χ0v) is 10.5. The van der Waals surface area contributed by atoms with E-state index in [0.717, 1.165) is 18.2 Å². The summed E-state index contributed by atoms with van der Waals surface area (Å²) in [4.78, 5) is 10.7. The molecule has 7 heteroatoms. The van der Waals surface area contributed by atoms with E-state index in [1.165, 1.54) is 7.11 Å². The monoisotopic (exact) mass is 276 g/mol. The molecule has 0 saturated carbocycles. The fraction of sp³-hybridized carbons (Fsp3) is 0.364. The number of halogens is 1. The first-order valence-corrected chi connectivity index (χ1v) is 6.89. The van der Waals surface area contributed by atoms with E-state index in [2.05, 4.69) is 4.74 Å². The van der Waals surface area contributed by atoms with Gasteiger partial charge in [-0.15, -0.1) is 0 Å². The van der Waals surface area contributed by atoms with Crippen LogP contribution in [0.1, 0.15) is 15.9 Å². The lowest BCUT2D eigenvalue weighted by molar-refractivity contribution is 0.0696. The number of ether oxygens (including phenoxy) is 1. The Labute approximate surface area is 104 Å². The average molecular weight is 276 g/mol. The van der Waals surface area contributed by atoms with E-state index in [0.29, 0.717) is 0 Å². The van der Waals surface area contributed by atoms with Crippen molar-refractivity contribution in [2.45, 2.75) is 5.75 Å². The third-order valence-electron chi connectivity index (χ3n) is 2.27. The maximum Gasteiger partial charge on any atom is 0.335 e. The minimum absolute atomic E-state index is 0.0164. The van der Waals surface area contributed by atoms with Crippen LogP contribution in [0.15, 0.2) is 18.2 Å².